The second-order valence-electron chi connectivity index (χ2n) is 7.79. The SMILES string of the molecule is CCCC[C@@H](CCCS(=O)[O-])Nc1nc(N)nc(C)c1Cc1cc(CC#N)ccc1OC. The number of unbranched alkanes of at least 4 members (excludes halogenated alkanes) is 1. The average Bonchev–Trinajstić information content (AvgIpc) is 2.74. The number of aryl methyl sites for hydroxylation is 1. The standard InChI is InChI=1S/C23H33N5O3S/c1-4-5-7-19(8-6-13-32(29)30)27-22-20(16(2)26-23(25)28-22)15-18-14-17(11-12-24)9-10-21(18)31-3/h9-10,14,19H,4-8,11,13,15H2,1-3H3,(H,29,30)(H3,25,26,27,28)/p-1/t19-/m0/s1. The Balaban J connectivity index is 2.35. The number of methoxy groups -OCH3 is 1. The minimum atomic E-state index is -2.04. The van der Waals surface area contributed by atoms with Crippen LogP contribution in [0.15, 0.2) is 18.2 Å². The molecule has 0 radical (unpaired) electrons. The van der Waals surface area contributed by atoms with E-state index in [1.807, 2.05) is 25.1 Å². The van der Waals surface area contributed by atoms with Crippen molar-refractivity contribution in [2.75, 3.05) is 23.9 Å². The summed E-state index contributed by atoms with van der Waals surface area (Å²) >= 11 is -2.04. The van der Waals surface area contributed by atoms with Crippen LogP contribution >= 0.6 is 0 Å². The Bertz CT molecular complexity index is 961. The van der Waals surface area contributed by atoms with E-state index < -0.39 is 11.1 Å². The predicted molar refractivity (Wildman–Crippen MR) is 126 cm³/mol. The van der Waals surface area contributed by atoms with E-state index in [1.165, 1.54) is 0 Å². The normalized spacial score (nSPS) is 12.7. The molecule has 9 heteroatoms. The topological polar surface area (TPSA) is 137 Å². The van der Waals surface area contributed by atoms with Gasteiger partial charge in [0.15, 0.2) is 0 Å². The molecular formula is C23H32N5O3S-. The third kappa shape index (κ3) is 7.77. The number of aromatic nitrogens is 2. The fourth-order valence-corrected chi connectivity index (χ4v) is 4.09. The summed E-state index contributed by atoms with van der Waals surface area (Å²) in [7, 11) is 1.62. The summed E-state index contributed by atoms with van der Waals surface area (Å²) in [6.07, 6.45) is 5.12. The number of ether oxygens (including phenoxy) is 1. The van der Waals surface area contributed by atoms with Crippen LogP contribution in [0, 0.1) is 18.3 Å². The van der Waals surface area contributed by atoms with Gasteiger partial charge in [0.05, 0.1) is 19.6 Å². The first-order chi connectivity index (χ1) is 15.4. The molecule has 0 aliphatic carbocycles. The molecule has 0 aliphatic rings. The molecule has 2 atom stereocenters. The molecule has 0 spiro atoms. The zero-order chi connectivity index (χ0) is 23.5. The van der Waals surface area contributed by atoms with Crippen LogP contribution in [-0.2, 0) is 23.9 Å². The van der Waals surface area contributed by atoms with E-state index in [4.69, 9.17) is 15.7 Å². The zero-order valence-electron chi connectivity index (χ0n) is 19.0. The molecule has 0 bridgehead atoms. The molecule has 0 amide bonds. The number of nitrogens with zero attached hydrogens (tertiary/aromatic N) is 3. The minimum absolute atomic E-state index is 0.0813. The molecule has 2 rings (SSSR count). The van der Waals surface area contributed by atoms with E-state index in [1.54, 1.807) is 7.11 Å². The average molecular weight is 459 g/mol. The molecule has 32 heavy (non-hydrogen) atoms. The maximum Gasteiger partial charge on any atom is 0.222 e. The molecule has 0 saturated heterocycles. The van der Waals surface area contributed by atoms with Crippen molar-refractivity contribution in [1.29, 1.82) is 5.26 Å². The number of nitrogen functional groups attached to an aromatic ring is 1. The van der Waals surface area contributed by atoms with Crippen molar-refractivity contribution >= 4 is 22.8 Å². The summed E-state index contributed by atoms with van der Waals surface area (Å²) in [6, 6.07) is 7.99. The highest BCUT2D eigenvalue weighted by molar-refractivity contribution is 7.79. The Kier molecular flexibility index (Phi) is 10.4. The molecule has 0 fully saturated rings. The van der Waals surface area contributed by atoms with Crippen molar-refractivity contribution in [1.82, 2.24) is 9.97 Å². The van der Waals surface area contributed by atoms with Gasteiger partial charge in [-0.15, -0.1) is 0 Å². The number of rotatable bonds is 13. The van der Waals surface area contributed by atoms with Gasteiger partial charge in [-0.1, -0.05) is 43.0 Å². The van der Waals surface area contributed by atoms with Gasteiger partial charge in [0.2, 0.25) is 5.95 Å². The van der Waals surface area contributed by atoms with Crippen LogP contribution in [0.3, 0.4) is 0 Å². The fourth-order valence-electron chi connectivity index (χ4n) is 3.69. The van der Waals surface area contributed by atoms with Crippen LogP contribution < -0.4 is 15.8 Å². The monoisotopic (exact) mass is 458 g/mol. The summed E-state index contributed by atoms with van der Waals surface area (Å²) in [5.41, 5.74) is 9.47. The summed E-state index contributed by atoms with van der Waals surface area (Å²) in [6.45, 7) is 4.02. The van der Waals surface area contributed by atoms with Gasteiger partial charge < -0.3 is 20.3 Å². The molecule has 1 aromatic heterocycles. The van der Waals surface area contributed by atoms with Gasteiger partial charge in [0, 0.05) is 29.5 Å². The van der Waals surface area contributed by atoms with E-state index in [0.29, 0.717) is 25.1 Å². The van der Waals surface area contributed by atoms with E-state index >= 15 is 0 Å². The van der Waals surface area contributed by atoms with Crippen molar-refractivity contribution in [3.05, 3.63) is 40.6 Å². The number of nitrogens with two attached hydrogens (primary N) is 1. The molecule has 174 valence electrons. The third-order valence-corrected chi connectivity index (χ3v) is 5.96. The van der Waals surface area contributed by atoms with Gasteiger partial charge in [-0.05, 0) is 43.4 Å². The maximum absolute atomic E-state index is 10.9. The third-order valence-electron chi connectivity index (χ3n) is 5.34. The van der Waals surface area contributed by atoms with Gasteiger partial charge >= 0.3 is 0 Å². The van der Waals surface area contributed by atoms with Gasteiger partial charge in [-0.3, -0.25) is 4.21 Å². The molecule has 8 nitrogen and oxygen atoms in total. The zero-order valence-corrected chi connectivity index (χ0v) is 19.8. The molecule has 1 unspecified atom stereocenters. The van der Waals surface area contributed by atoms with Crippen molar-refractivity contribution in [2.24, 2.45) is 0 Å². The lowest BCUT2D eigenvalue weighted by atomic mass is 9.99. The quantitative estimate of drug-likeness (QED) is 0.434. The molecule has 0 aliphatic heterocycles. The highest BCUT2D eigenvalue weighted by atomic mass is 32.2. The second kappa shape index (κ2) is 13.0. The van der Waals surface area contributed by atoms with Crippen molar-refractivity contribution in [2.45, 2.75) is 64.8 Å². The van der Waals surface area contributed by atoms with Crippen LogP contribution in [0.25, 0.3) is 0 Å². The smallest absolute Gasteiger partial charge is 0.222 e. The lowest BCUT2D eigenvalue weighted by Gasteiger charge is -2.22. The largest absolute Gasteiger partial charge is 0.772 e. The van der Waals surface area contributed by atoms with Crippen molar-refractivity contribution in [3.63, 3.8) is 0 Å². The summed E-state index contributed by atoms with van der Waals surface area (Å²) in [5, 5.41) is 12.6. The lowest BCUT2D eigenvalue weighted by molar-refractivity contribution is 0.410. The Morgan fingerprint density at radius 3 is 2.72 bits per heavy atom. The molecule has 1 heterocycles. The maximum atomic E-state index is 10.9. The first kappa shape index (κ1) is 25.6. The van der Waals surface area contributed by atoms with E-state index in [-0.39, 0.29) is 17.7 Å². The molecule has 0 saturated carbocycles. The molecule has 3 N–H and O–H groups in total. The number of nitrogens with one attached hydrogen (secondary N) is 1. The van der Waals surface area contributed by atoms with E-state index in [2.05, 4.69) is 28.3 Å². The first-order valence-electron chi connectivity index (χ1n) is 10.9. The van der Waals surface area contributed by atoms with Crippen molar-refractivity contribution < 1.29 is 13.5 Å². The lowest BCUT2D eigenvalue weighted by Crippen LogP contribution is -2.23. The number of hydrogen-bond acceptors (Lipinski definition) is 8. The predicted octanol–water partition coefficient (Wildman–Crippen LogP) is 3.66. The fraction of sp³-hybridized carbons (Fsp3) is 0.522. The highest BCUT2D eigenvalue weighted by Gasteiger charge is 2.17. The Labute approximate surface area is 192 Å². The number of hydrogen-bond donors (Lipinski definition) is 2. The van der Waals surface area contributed by atoms with Gasteiger partial charge in [0.1, 0.15) is 11.6 Å². The van der Waals surface area contributed by atoms with Crippen LogP contribution in [0.2, 0.25) is 0 Å². The van der Waals surface area contributed by atoms with E-state index in [9.17, 15) is 8.76 Å². The Morgan fingerprint density at radius 1 is 1.31 bits per heavy atom. The number of benzene rings is 1. The van der Waals surface area contributed by atoms with Gasteiger partial charge in [-0.25, -0.2) is 4.98 Å². The van der Waals surface area contributed by atoms with Crippen LogP contribution in [0.5, 0.6) is 5.75 Å². The van der Waals surface area contributed by atoms with Gasteiger partial charge in [-0.2, -0.15) is 10.2 Å². The van der Waals surface area contributed by atoms with Crippen LogP contribution in [-0.4, -0.2) is 37.6 Å². The second-order valence-corrected chi connectivity index (χ2v) is 8.80. The minimum Gasteiger partial charge on any atom is -0.772 e. The Hall–Kier alpha value is -2.70. The van der Waals surface area contributed by atoms with Crippen molar-refractivity contribution in [3.8, 4) is 11.8 Å². The van der Waals surface area contributed by atoms with Gasteiger partial charge in [0.25, 0.3) is 0 Å². The molecular weight excluding hydrogens is 426 g/mol. The van der Waals surface area contributed by atoms with E-state index in [0.717, 1.165) is 53.8 Å². The molecule has 2 aromatic rings. The first-order valence-corrected chi connectivity index (χ1v) is 12.1. The molecule has 1 aromatic carbocycles. The number of anilines is 2. The Morgan fingerprint density at radius 2 is 2.06 bits per heavy atom. The van der Waals surface area contributed by atoms with Crippen LogP contribution in [0.1, 0.15) is 61.4 Å². The highest BCUT2D eigenvalue weighted by Crippen LogP contribution is 2.28. The number of nitriles is 1. The summed E-state index contributed by atoms with van der Waals surface area (Å²) < 4.78 is 27.4. The van der Waals surface area contributed by atoms with Crippen LogP contribution in [0.4, 0.5) is 11.8 Å². The summed E-state index contributed by atoms with van der Waals surface area (Å²) in [4.78, 5) is 8.83. The summed E-state index contributed by atoms with van der Waals surface area (Å²) in [5.74, 6) is 1.72.